The molecule has 3 aromatic carbocycles. The van der Waals surface area contributed by atoms with E-state index in [0.717, 1.165) is 27.6 Å². The van der Waals surface area contributed by atoms with Gasteiger partial charge in [-0.05, 0) is 54.8 Å². The molecule has 0 aliphatic rings. The van der Waals surface area contributed by atoms with E-state index < -0.39 is 6.10 Å². The molecule has 1 N–H and O–H groups in total. The summed E-state index contributed by atoms with van der Waals surface area (Å²) in [7, 11) is 0. The van der Waals surface area contributed by atoms with Crippen molar-refractivity contribution in [3.05, 3.63) is 71.8 Å². The standard InChI is InChI=1S/C21H21NO2/c1-14-7-6-8-15(2)20(14)22-21(23)16(3)24-19-12-11-17-9-4-5-10-18(17)13-19/h4-13,16H,1-3H3,(H,22,23)/t16-/m1/s1. The molecule has 3 heteroatoms. The molecule has 24 heavy (non-hydrogen) atoms. The Morgan fingerprint density at radius 2 is 1.58 bits per heavy atom. The largest absolute Gasteiger partial charge is 0.481 e. The van der Waals surface area contributed by atoms with E-state index >= 15 is 0 Å². The van der Waals surface area contributed by atoms with Crippen LogP contribution in [-0.2, 0) is 4.79 Å². The van der Waals surface area contributed by atoms with Crippen molar-refractivity contribution in [3.63, 3.8) is 0 Å². The van der Waals surface area contributed by atoms with Crippen LogP contribution in [0.3, 0.4) is 0 Å². The van der Waals surface area contributed by atoms with Gasteiger partial charge >= 0.3 is 0 Å². The van der Waals surface area contributed by atoms with Gasteiger partial charge in [0.05, 0.1) is 0 Å². The summed E-state index contributed by atoms with van der Waals surface area (Å²) in [6.45, 7) is 5.73. The summed E-state index contributed by atoms with van der Waals surface area (Å²) in [5, 5.41) is 5.22. The Morgan fingerprint density at radius 3 is 2.29 bits per heavy atom. The van der Waals surface area contributed by atoms with Crippen LogP contribution < -0.4 is 10.1 Å². The quantitative estimate of drug-likeness (QED) is 0.745. The summed E-state index contributed by atoms with van der Waals surface area (Å²) >= 11 is 0. The fourth-order valence-electron chi connectivity index (χ4n) is 2.73. The van der Waals surface area contributed by atoms with Gasteiger partial charge in [-0.15, -0.1) is 0 Å². The summed E-state index contributed by atoms with van der Waals surface area (Å²) in [6.07, 6.45) is -0.579. The van der Waals surface area contributed by atoms with Gasteiger partial charge in [-0.3, -0.25) is 4.79 Å². The number of para-hydroxylation sites is 1. The Morgan fingerprint density at radius 1 is 0.917 bits per heavy atom. The van der Waals surface area contributed by atoms with Gasteiger partial charge in [-0.25, -0.2) is 0 Å². The first-order chi connectivity index (χ1) is 11.5. The number of anilines is 1. The SMILES string of the molecule is Cc1cccc(C)c1NC(=O)[C@@H](C)Oc1ccc2ccccc2c1. The second kappa shape index (κ2) is 6.75. The van der Waals surface area contributed by atoms with E-state index in [-0.39, 0.29) is 5.91 Å². The molecule has 3 rings (SSSR count). The minimum atomic E-state index is -0.579. The molecule has 0 fully saturated rings. The van der Waals surface area contributed by atoms with E-state index in [9.17, 15) is 4.79 Å². The molecule has 0 unspecified atom stereocenters. The first-order valence-corrected chi connectivity index (χ1v) is 8.07. The van der Waals surface area contributed by atoms with Crippen molar-refractivity contribution in [3.8, 4) is 5.75 Å². The predicted molar refractivity (Wildman–Crippen MR) is 98.6 cm³/mol. The van der Waals surface area contributed by atoms with E-state index in [2.05, 4.69) is 11.4 Å². The van der Waals surface area contributed by atoms with E-state index in [1.807, 2.05) is 68.4 Å². The van der Waals surface area contributed by atoms with Crippen LogP contribution in [0.1, 0.15) is 18.1 Å². The highest BCUT2D eigenvalue weighted by Gasteiger charge is 2.16. The first kappa shape index (κ1) is 16.1. The van der Waals surface area contributed by atoms with Crippen LogP contribution in [0.4, 0.5) is 5.69 Å². The molecule has 3 aromatic rings. The number of hydrogen-bond donors (Lipinski definition) is 1. The molecule has 0 aromatic heterocycles. The van der Waals surface area contributed by atoms with Crippen LogP contribution >= 0.6 is 0 Å². The number of hydrogen-bond acceptors (Lipinski definition) is 2. The van der Waals surface area contributed by atoms with Crippen LogP contribution in [0.5, 0.6) is 5.75 Å². The molecule has 0 aliphatic heterocycles. The van der Waals surface area contributed by atoms with E-state index in [0.29, 0.717) is 5.75 Å². The Kier molecular flexibility index (Phi) is 4.52. The van der Waals surface area contributed by atoms with Gasteiger partial charge in [-0.2, -0.15) is 0 Å². The van der Waals surface area contributed by atoms with E-state index in [1.54, 1.807) is 6.92 Å². The van der Waals surface area contributed by atoms with Gasteiger partial charge in [0, 0.05) is 5.69 Å². The second-order valence-electron chi connectivity index (χ2n) is 6.03. The van der Waals surface area contributed by atoms with Gasteiger partial charge in [0.15, 0.2) is 6.10 Å². The lowest BCUT2D eigenvalue weighted by atomic mass is 10.1. The third-order valence-electron chi connectivity index (χ3n) is 4.13. The highest BCUT2D eigenvalue weighted by atomic mass is 16.5. The van der Waals surface area contributed by atoms with Gasteiger partial charge in [0.2, 0.25) is 0 Å². The highest BCUT2D eigenvalue weighted by Crippen LogP contribution is 2.23. The Hall–Kier alpha value is -2.81. The molecular formula is C21H21NO2. The minimum Gasteiger partial charge on any atom is -0.481 e. The van der Waals surface area contributed by atoms with Crippen molar-refractivity contribution in [2.24, 2.45) is 0 Å². The second-order valence-corrected chi connectivity index (χ2v) is 6.03. The molecule has 0 spiro atoms. The van der Waals surface area contributed by atoms with Gasteiger partial charge in [0.1, 0.15) is 5.75 Å². The molecule has 0 bridgehead atoms. The molecule has 3 nitrogen and oxygen atoms in total. The van der Waals surface area contributed by atoms with E-state index in [1.165, 1.54) is 0 Å². The minimum absolute atomic E-state index is 0.152. The Bertz CT molecular complexity index is 866. The Balaban J connectivity index is 1.73. The summed E-state index contributed by atoms with van der Waals surface area (Å²) < 4.78 is 5.82. The molecular weight excluding hydrogens is 298 g/mol. The average Bonchev–Trinajstić information content (AvgIpc) is 2.58. The average molecular weight is 319 g/mol. The van der Waals surface area contributed by atoms with E-state index in [4.69, 9.17) is 4.74 Å². The van der Waals surface area contributed by atoms with Gasteiger partial charge in [-0.1, -0.05) is 48.5 Å². The number of rotatable bonds is 4. The predicted octanol–water partition coefficient (Wildman–Crippen LogP) is 4.86. The lowest BCUT2D eigenvalue weighted by Gasteiger charge is -2.17. The molecule has 122 valence electrons. The number of ether oxygens (including phenoxy) is 1. The summed E-state index contributed by atoms with van der Waals surface area (Å²) in [6, 6.07) is 19.9. The molecule has 1 atom stereocenters. The number of aryl methyl sites for hydroxylation is 2. The third kappa shape index (κ3) is 3.40. The molecule has 0 aliphatic carbocycles. The van der Waals surface area contributed by atoms with Crippen molar-refractivity contribution >= 4 is 22.4 Å². The van der Waals surface area contributed by atoms with Crippen molar-refractivity contribution < 1.29 is 9.53 Å². The van der Waals surface area contributed by atoms with Crippen LogP contribution in [0.15, 0.2) is 60.7 Å². The number of benzene rings is 3. The Labute approximate surface area is 142 Å². The smallest absolute Gasteiger partial charge is 0.265 e. The summed E-state index contributed by atoms with van der Waals surface area (Å²) in [5.41, 5.74) is 2.94. The van der Waals surface area contributed by atoms with Gasteiger partial charge < -0.3 is 10.1 Å². The third-order valence-corrected chi connectivity index (χ3v) is 4.13. The number of fused-ring (bicyclic) bond motifs is 1. The molecule has 0 saturated carbocycles. The zero-order valence-electron chi connectivity index (χ0n) is 14.2. The summed E-state index contributed by atoms with van der Waals surface area (Å²) in [5.74, 6) is 0.540. The topological polar surface area (TPSA) is 38.3 Å². The summed E-state index contributed by atoms with van der Waals surface area (Å²) in [4.78, 5) is 12.4. The number of nitrogens with one attached hydrogen (secondary N) is 1. The van der Waals surface area contributed by atoms with Gasteiger partial charge in [0.25, 0.3) is 5.91 Å². The zero-order chi connectivity index (χ0) is 17.1. The number of carbonyl (C=O) groups excluding carboxylic acids is 1. The maximum Gasteiger partial charge on any atom is 0.265 e. The lowest BCUT2D eigenvalue weighted by molar-refractivity contribution is -0.122. The number of carbonyl (C=O) groups is 1. The fourth-order valence-corrected chi connectivity index (χ4v) is 2.73. The van der Waals surface area contributed by atoms with Crippen molar-refractivity contribution in [1.82, 2.24) is 0 Å². The monoisotopic (exact) mass is 319 g/mol. The molecule has 0 heterocycles. The van der Waals surface area contributed by atoms with Crippen LogP contribution in [0.25, 0.3) is 10.8 Å². The number of amides is 1. The lowest BCUT2D eigenvalue weighted by Crippen LogP contribution is -2.30. The van der Waals surface area contributed by atoms with Crippen molar-refractivity contribution in [1.29, 1.82) is 0 Å². The van der Waals surface area contributed by atoms with Crippen molar-refractivity contribution in [2.45, 2.75) is 26.9 Å². The maximum atomic E-state index is 12.4. The molecule has 1 amide bonds. The maximum absolute atomic E-state index is 12.4. The fraction of sp³-hybridized carbons (Fsp3) is 0.190. The van der Waals surface area contributed by atoms with Crippen molar-refractivity contribution in [2.75, 3.05) is 5.32 Å². The van der Waals surface area contributed by atoms with Crippen LogP contribution in [0.2, 0.25) is 0 Å². The first-order valence-electron chi connectivity index (χ1n) is 8.07. The molecule has 0 saturated heterocycles. The molecule has 0 radical (unpaired) electrons. The normalized spacial score (nSPS) is 12.0. The van der Waals surface area contributed by atoms with Crippen LogP contribution in [0, 0.1) is 13.8 Å². The van der Waals surface area contributed by atoms with Crippen LogP contribution in [-0.4, -0.2) is 12.0 Å². The zero-order valence-corrected chi connectivity index (χ0v) is 14.2. The highest BCUT2D eigenvalue weighted by molar-refractivity contribution is 5.95.